The predicted molar refractivity (Wildman–Crippen MR) is 100 cm³/mol. The molecule has 3 nitrogen and oxygen atoms in total. The van der Waals surface area contributed by atoms with E-state index >= 15 is 0 Å². The first-order valence-electron chi connectivity index (χ1n) is 6.37. The fraction of sp³-hybridized carbons (Fsp3) is 0.429. The van der Waals surface area contributed by atoms with Crippen molar-refractivity contribution in [1.82, 2.24) is 10.2 Å². The maximum Gasteiger partial charge on any atom is 0.134 e. The van der Waals surface area contributed by atoms with E-state index in [0.29, 0.717) is 5.75 Å². The minimum absolute atomic E-state index is 0. The number of nitrogens with one attached hydrogen (secondary N) is 1. The SMILES string of the molecule is C=CC[C@H](c1cc(Br)cc(Br)c1O)N1CCNCC1.Cl.Cl. The van der Waals surface area contributed by atoms with Crippen LogP contribution in [-0.2, 0) is 0 Å². The molecule has 0 saturated carbocycles. The molecule has 0 bridgehead atoms. The summed E-state index contributed by atoms with van der Waals surface area (Å²) in [7, 11) is 0. The highest BCUT2D eigenvalue weighted by Gasteiger charge is 2.24. The van der Waals surface area contributed by atoms with Crippen LogP contribution in [0, 0.1) is 0 Å². The summed E-state index contributed by atoms with van der Waals surface area (Å²) in [6.07, 6.45) is 2.75. The van der Waals surface area contributed by atoms with Crippen LogP contribution in [0.3, 0.4) is 0 Å². The van der Waals surface area contributed by atoms with Crippen LogP contribution in [0.15, 0.2) is 33.7 Å². The van der Waals surface area contributed by atoms with E-state index in [1.807, 2.05) is 18.2 Å². The van der Waals surface area contributed by atoms with Gasteiger partial charge in [-0.15, -0.1) is 31.4 Å². The van der Waals surface area contributed by atoms with Gasteiger partial charge in [0.15, 0.2) is 0 Å². The van der Waals surface area contributed by atoms with E-state index in [-0.39, 0.29) is 30.9 Å². The molecule has 2 rings (SSSR count). The maximum atomic E-state index is 10.3. The Morgan fingerprint density at radius 1 is 1.29 bits per heavy atom. The summed E-state index contributed by atoms with van der Waals surface area (Å²) in [5, 5.41) is 13.7. The van der Waals surface area contributed by atoms with E-state index < -0.39 is 0 Å². The summed E-state index contributed by atoms with van der Waals surface area (Å²) < 4.78 is 1.69. The first-order valence-corrected chi connectivity index (χ1v) is 7.95. The molecule has 1 atom stereocenters. The minimum Gasteiger partial charge on any atom is -0.506 e. The lowest BCUT2D eigenvalue weighted by atomic mass is 10.00. The van der Waals surface area contributed by atoms with Gasteiger partial charge >= 0.3 is 0 Å². The second-order valence-electron chi connectivity index (χ2n) is 4.65. The molecule has 1 aliphatic heterocycles. The third-order valence-corrected chi connectivity index (χ3v) is 4.46. The van der Waals surface area contributed by atoms with Crippen molar-refractivity contribution >= 4 is 56.7 Å². The topological polar surface area (TPSA) is 35.5 Å². The summed E-state index contributed by atoms with van der Waals surface area (Å²) in [5.74, 6) is 0.327. The monoisotopic (exact) mass is 460 g/mol. The molecule has 7 heteroatoms. The van der Waals surface area contributed by atoms with Gasteiger partial charge in [-0.2, -0.15) is 0 Å². The lowest BCUT2D eigenvalue weighted by Gasteiger charge is -2.35. The van der Waals surface area contributed by atoms with Crippen LogP contribution in [0.5, 0.6) is 5.75 Å². The van der Waals surface area contributed by atoms with Gasteiger partial charge in [0.2, 0.25) is 0 Å². The highest BCUT2D eigenvalue weighted by Crippen LogP contribution is 2.38. The van der Waals surface area contributed by atoms with Crippen molar-refractivity contribution in [3.8, 4) is 5.75 Å². The summed E-state index contributed by atoms with van der Waals surface area (Å²) in [6.45, 7) is 7.80. The third kappa shape index (κ3) is 5.41. The Labute approximate surface area is 155 Å². The molecule has 0 amide bonds. The van der Waals surface area contributed by atoms with Crippen LogP contribution >= 0.6 is 56.7 Å². The largest absolute Gasteiger partial charge is 0.506 e. The Kier molecular flexibility index (Phi) is 10.2. The average molecular weight is 463 g/mol. The van der Waals surface area contributed by atoms with Crippen molar-refractivity contribution in [2.45, 2.75) is 12.5 Å². The van der Waals surface area contributed by atoms with Gasteiger partial charge in [-0.25, -0.2) is 0 Å². The van der Waals surface area contributed by atoms with Crippen LogP contribution < -0.4 is 5.32 Å². The van der Waals surface area contributed by atoms with E-state index in [2.05, 4.69) is 48.7 Å². The van der Waals surface area contributed by atoms with Gasteiger partial charge in [-0.1, -0.05) is 22.0 Å². The average Bonchev–Trinajstić information content (AvgIpc) is 2.41. The van der Waals surface area contributed by atoms with Gasteiger partial charge in [0.1, 0.15) is 5.75 Å². The quantitative estimate of drug-likeness (QED) is 0.655. The number of hydrogen-bond donors (Lipinski definition) is 2. The highest BCUT2D eigenvalue weighted by atomic mass is 79.9. The normalized spacial score (nSPS) is 16.5. The molecule has 1 aliphatic rings. The zero-order chi connectivity index (χ0) is 13.8. The Balaban J connectivity index is 0.00000200. The van der Waals surface area contributed by atoms with Gasteiger partial charge in [0.05, 0.1) is 4.47 Å². The van der Waals surface area contributed by atoms with Crippen LogP contribution in [0.1, 0.15) is 18.0 Å². The van der Waals surface area contributed by atoms with Crippen molar-refractivity contribution in [1.29, 1.82) is 0 Å². The van der Waals surface area contributed by atoms with Crippen molar-refractivity contribution in [3.05, 3.63) is 39.3 Å². The Morgan fingerprint density at radius 3 is 2.48 bits per heavy atom. The number of nitrogens with zero attached hydrogens (tertiary/aromatic N) is 1. The van der Waals surface area contributed by atoms with Crippen LogP contribution in [-0.4, -0.2) is 36.2 Å². The Bertz CT molecular complexity index is 469. The molecule has 1 fully saturated rings. The van der Waals surface area contributed by atoms with Gasteiger partial charge in [0.25, 0.3) is 0 Å². The molecule has 1 aromatic carbocycles. The van der Waals surface area contributed by atoms with Crippen LogP contribution in [0.2, 0.25) is 0 Å². The van der Waals surface area contributed by atoms with Gasteiger partial charge in [-0.05, 0) is 34.5 Å². The molecule has 1 aromatic rings. The summed E-state index contributed by atoms with van der Waals surface area (Å²) in [4.78, 5) is 2.39. The van der Waals surface area contributed by atoms with E-state index in [9.17, 15) is 5.11 Å². The number of phenolic OH excluding ortho intramolecular Hbond substituents is 1. The molecule has 21 heavy (non-hydrogen) atoms. The lowest BCUT2D eigenvalue weighted by Crippen LogP contribution is -2.45. The first kappa shape index (κ1) is 21.2. The van der Waals surface area contributed by atoms with E-state index in [0.717, 1.165) is 47.1 Å². The number of aromatic hydroxyl groups is 1. The van der Waals surface area contributed by atoms with E-state index in [1.54, 1.807) is 0 Å². The van der Waals surface area contributed by atoms with Crippen molar-refractivity contribution < 1.29 is 5.11 Å². The van der Waals surface area contributed by atoms with E-state index in [1.165, 1.54) is 0 Å². The third-order valence-electron chi connectivity index (χ3n) is 3.40. The van der Waals surface area contributed by atoms with E-state index in [4.69, 9.17) is 0 Å². The fourth-order valence-corrected chi connectivity index (χ4v) is 3.72. The highest BCUT2D eigenvalue weighted by molar-refractivity contribution is 9.11. The number of piperazine rings is 1. The second-order valence-corrected chi connectivity index (χ2v) is 6.42. The smallest absolute Gasteiger partial charge is 0.134 e. The number of rotatable bonds is 4. The zero-order valence-corrected chi connectivity index (χ0v) is 16.3. The van der Waals surface area contributed by atoms with Gasteiger partial charge in [-0.3, -0.25) is 4.90 Å². The van der Waals surface area contributed by atoms with Gasteiger partial charge < -0.3 is 10.4 Å². The number of hydrogen-bond acceptors (Lipinski definition) is 3. The molecule has 2 N–H and O–H groups in total. The lowest BCUT2D eigenvalue weighted by molar-refractivity contribution is 0.172. The number of phenols is 1. The maximum absolute atomic E-state index is 10.3. The molecular weight excluding hydrogens is 443 g/mol. The molecule has 0 spiro atoms. The summed E-state index contributed by atoms with van der Waals surface area (Å²) in [6, 6.07) is 4.03. The van der Waals surface area contributed by atoms with Crippen LogP contribution in [0.4, 0.5) is 0 Å². The standard InChI is InChI=1S/C14H18Br2N2O.2ClH/c1-2-3-13(18-6-4-17-5-7-18)11-8-10(15)9-12(16)14(11)19;;/h2,8-9,13,17,19H,1,3-7H2;2*1H/t13-;;/m1../s1. The zero-order valence-electron chi connectivity index (χ0n) is 11.5. The molecule has 120 valence electrons. The van der Waals surface area contributed by atoms with Gasteiger partial charge in [0, 0.05) is 42.3 Å². The summed E-state index contributed by atoms with van der Waals surface area (Å²) >= 11 is 6.90. The molecule has 0 unspecified atom stereocenters. The summed E-state index contributed by atoms with van der Waals surface area (Å²) in [5.41, 5.74) is 0.947. The van der Waals surface area contributed by atoms with Crippen LogP contribution in [0.25, 0.3) is 0 Å². The molecule has 0 radical (unpaired) electrons. The molecule has 0 aliphatic carbocycles. The molecule has 1 saturated heterocycles. The predicted octanol–water partition coefficient (Wildman–Crippen LogP) is 4.28. The minimum atomic E-state index is 0. The Hall–Kier alpha value is 0.220. The van der Waals surface area contributed by atoms with Crippen molar-refractivity contribution in [2.75, 3.05) is 26.2 Å². The Morgan fingerprint density at radius 2 is 1.90 bits per heavy atom. The fourth-order valence-electron chi connectivity index (χ4n) is 2.46. The number of benzene rings is 1. The second kappa shape index (κ2) is 10.1. The molecule has 0 aromatic heterocycles. The van der Waals surface area contributed by atoms with Crippen molar-refractivity contribution in [2.24, 2.45) is 0 Å². The number of halogens is 4. The first-order chi connectivity index (χ1) is 9.13. The molecular formula is C14H20Br2Cl2N2O. The molecule has 1 heterocycles. The van der Waals surface area contributed by atoms with Crippen molar-refractivity contribution in [3.63, 3.8) is 0 Å².